The zero-order chi connectivity index (χ0) is 40.8. The topological polar surface area (TPSA) is 151 Å². The van der Waals surface area contributed by atoms with Gasteiger partial charge >= 0.3 is 6.03 Å². The van der Waals surface area contributed by atoms with Gasteiger partial charge in [0.2, 0.25) is 5.95 Å². The molecule has 3 atom stereocenters. The van der Waals surface area contributed by atoms with Gasteiger partial charge in [-0.05, 0) is 92.8 Å². The zero-order valence-electron chi connectivity index (χ0n) is 34.3. The number of piperidine rings is 2. The number of nitrogens with one attached hydrogen (secondary N) is 2. The summed E-state index contributed by atoms with van der Waals surface area (Å²) >= 11 is 0. The van der Waals surface area contributed by atoms with Crippen LogP contribution in [0.5, 0.6) is 5.75 Å². The van der Waals surface area contributed by atoms with Crippen LogP contribution in [-0.2, 0) is 21.5 Å². The lowest BCUT2D eigenvalue weighted by Crippen LogP contribution is -2.38. The van der Waals surface area contributed by atoms with Crippen LogP contribution in [0.15, 0.2) is 72.9 Å². The highest BCUT2D eigenvalue weighted by atomic mass is 16.5. The lowest BCUT2D eigenvalue weighted by atomic mass is 9.85. The van der Waals surface area contributed by atoms with Crippen LogP contribution < -0.4 is 20.3 Å². The summed E-state index contributed by atoms with van der Waals surface area (Å²) in [5, 5.41) is 27.4. The fraction of sp³-hybridized carbons (Fsp3) is 0.477. The molecular weight excluding hydrogens is 735 g/mol. The number of anilines is 2. The van der Waals surface area contributed by atoms with Gasteiger partial charge in [-0.1, -0.05) is 57.2 Å². The minimum absolute atomic E-state index is 0.155. The average Bonchev–Trinajstić information content (AvgIpc) is 3.84. The molecule has 5 aromatic rings. The summed E-state index contributed by atoms with van der Waals surface area (Å²) in [7, 11) is 1.80. The maximum atomic E-state index is 13.8. The summed E-state index contributed by atoms with van der Waals surface area (Å²) in [5.41, 5.74) is 5.78. The molecule has 2 fully saturated rings. The predicted molar refractivity (Wildman–Crippen MR) is 224 cm³/mol. The first kappa shape index (κ1) is 40.7. The van der Waals surface area contributed by atoms with Crippen molar-refractivity contribution in [3.05, 3.63) is 95.3 Å². The second kappa shape index (κ2) is 18.0. The molecule has 58 heavy (non-hydrogen) atoms. The maximum absolute atomic E-state index is 13.8. The number of pyridine rings is 1. The molecule has 0 saturated carbocycles. The average molecular weight is 792 g/mol. The summed E-state index contributed by atoms with van der Waals surface area (Å²) < 4.78 is 16.2. The Bertz CT molecular complexity index is 2170. The Labute approximate surface area is 340 Å². The van der Waals surface area contributed by atoms with Crippen molar-refractivity contribution in [2.75, 3.05) is 37.0 Å². The second-order valence-electron chi connectivity index (χ2n) is 16.7. The molecule has 14 heteroatoms. The molecule has 308 valence electrons. The second-order valence-corrected chi connectivity index (χ2v) is 16.7. The third-order valence-electron chi connectivity index (χ3n) is 11.6. The molecule has 5 heterocycles. The van der Waals surface area contributed by atoms with Crippen LogP contribution in [0.4, 0.5) is 16.6 Å². The van der Waals surface area contributed by atoms with Gasteiger partial charge in [0.05, 0.1) is 29.7 Å². The third-order valence-corrected chi connectivity index (χ3v) is 11.6. The number of carboxylic acid groups (broad SMARTS) is 1. The molecule has 2 aromatic carbocycles. The van der Waals surface area contributed by atoms with E-state index < -0.39 is 0 Å². The largest absolute Gasteiger partial charge is 0.484 e. The number of benzene rings is 2. The van der Waals surface area contributed by atoms with E-state index in [4.69, 9.17) is 24.5 Å². The SMILES string of the molecule is COC1CCN(Cc2cccc(-n3nc(C(C)(C)C)cc3NC(=O)N[C@H]3CC[C@@H](Oc4ccc5nnc(N6CCCC[C@@H]6C)n5c4)c4ccccc43)c2)CC1.O=CO. The van der Waals surface area contributed by atoms with Gasteiger partial charge in [0.15, 0.2) is 5.65 Å². The molecule has 2 aliphatic heterocycles. The summed E-state index contributed by atoms with van der Waals surface area (Å²) in [6, 6.07) is 22.7. The van der Waals surface area contributed by atoms with Crippen molar-refractivity contribution < 1.29 is 24.2 Å². The summed E-state index contributed by atoms with van der Waals surface area (Å²) in [6.45, 7) is 12.3. The van der Waals surface area contributed by atoms with E-state index >= 15 is 0 Å². The van der Waals surface area contributed by atoms with E-state index in [1.54, 1.807) is 7.11 Å². The molecule has 8 rings (SSSR count). The third kappa shape index (κ3) is 9.29. The first-order valence-corrected chi connectivity index (χ1v) is 20.5. The lowest BCUT2D eigenvalue weighted by Gasteiger charge is -2.33. The summed E-state index contributed by atoms with van der Waals surface area (Å²) in [4.78, 5) is 27.0. The van der Waals surface area contributed by atoms with Gasteiger partial charge in [-0.3, -0.25) is 19.4 Å². The normalized spacial score (nSPS) is 20.2. The lowest BCUT2D eigenvalue weighted by molar-refractivity contribution is -0.122. The maximum Gasteiger partial charge on any atom is 0.320 e. The quantitative estimate of drug-likeness (QED) is 0.127. The molecule has 3 aliphatic rings. The molecular formula is C44H57N9O5. The minimum atomic E-state index is -0.268. The molecule has 2 amide bonds. The van der Waals surface area contributed by atoms with E-state index in [1.165, 1.54) is 12.0 Å². The van der Waals surface area contributed by atoms with E-state index in [0.29, 0.717) is 18.0 Å². The molecule has 0 bridgehead atoms. The first-order valence-electron chi connectivity index (χ1n) is 20.5. The molecule has 14 nitrogen and oxygen atoms in total. The van der Waals surface area contributed by atoms with Gasteiger partial charge in [0, 0.05) is 50.8 Å². The Morgan fingerprint density at radius 1 is 0.931 bits per heavy atom. The van der Waals surface area contributed by atoms with Gasteiger partial charge < -0.3 is 24.8 Å². The van der Waals surface area contributed by atoms with Gasteiger partial charge in [-0.15, -0.1) is 10.2 Å². The Morgan fingerprint density at radius 3 is 2.45 bits per heavy atom. The van der Waals surface area contributed by atoms with Crippen LogP contribution in [0.1, 0.15) is 107 Å². The minimum Gasteiger partial charge on any atom is -0.484 e. The number of carbonyl (C=O) groups excluding carboxylic acids is 1. The fourth-order valence-corrected chi connectivity index (χ4v) is 8.40. The number of nitrogens with zero attached hydrogens (tertiary/aromatic N) is 7. The van der Waals surface area contributed by atoms with E-state index in [9.17, 15) is 4.79 Å². The van der Waals surface area contributed by atoms with Gasteiger partial charge in [-0.25, -0.2) is 9.48 Å². The molecule has 3 aromatic heterocycles. The smallest absolute Gasteiger partial charge is 0.320 e. The highest BCUT2D eigenvalue weighted by molar-refractivity contribution is 5.89. The van der Waals surface area contributed by atoms with Crippen molar-refractivity contribution in [2.24, 2.45) is 0 Å². The number of fused-ring (bicyclic) bond motifs is 2. The van der Waals surface area contributed by atoms with E-state index in [0.717, 1.165) is 105 Å². The number of carbonyl (C=O) groups is 2. The zero-order valence-corrected chi connectivity index (χ0v) is 34.3. The van der Waals surface area contributed by atoms with Crippen LogP contribution in [0, 0.1) is 0 Å². The van der Waals surface area contributed by atoms with Crippen LogP contribution >= 0.6 is 0 Å². The molecule has 0 unspecified atom stereocenters. The Morgan fingerprint density at radius 2 is 1.71 bits per heavy atom. The van der Waals surface area contributed by atoms with Crippen molar-refractivity contribution >= 4 is 29.9 Å². The molecule has 3 N–H and O–H groups in total. The molecule has 0 radical (unpaired) electrons. The van der Waals surface area contributed by atoms with Crippen molar-refractivity contribution in [1.29, 1.82) is 0 Å². The van der Waals surface area contributed by atoms with Gasteiger partial charge in [0.1, 0.15) is 17.7 Å². The fourth-order valence-electron chi connectivity index (χ4n) is 8.40. The van der Waals surface area contributed by atoms with Gasteiger partial charge in [0.25, 0.3) is 6.47 Å². The summed E-state index contributed by atoms with van der Waals surface area (Å²) in [5.74, 6) is 2.27. The van der Waals surface area contributed by atoms with Crippen LogP contribution in [0.25, 0.3) is 11.3 Å². The number of likely N-dealkylation sites (tertiary alicyclic amines) is 1. The number of hydrogen-bond acceptors (Lipinski definition) is 9. The number of amides is 2. The number of ether oxygens (including phenoxy) is 2. The van der Waals surface area contributed by atoms with Crippen molar-refractivity contribution in [2.45, 2.75) is 109 Å². The number of methoxy groups -OCH3 is 1. The molecule has 2 saturated heterocycles. The van der Waals surface area contributed by atoms with Crippen LogP contribution in [-0.4, -0.2) is 85.8 Å². The highest BCUT2D eigenvalue weighted by Crippen LogP contribution is 2.39. The standard InChI is InChI=1S/C43H55N9O3.CH2O2/c1-29-11-8-9-22-50(29)42-47-46-39-19-16-33(28-51(39)42)55-37-18-17-36(34-14-6-7-15-35(34)37)44-41(53)45-40-26-38(43(2,3)4)48-52(40)31-13-10-12-30(25-31)27-49-23-20-32(54-5)21-24-49;2-1-3/h6-7,10,12-16,19,25-26,28-29,32,36-37H,8-9,11,17-18,20-24,27H2,1-5H3,(H2,44,45,53);1H,(H,2,3)/t29-,36-,37+;/m0./s1. The van der Waals surface area contributed by atoms with E-state index in [-0.39, 0.29) is 30.1 Å². The van der Waals surface area contributed by atoms with E-state index in [2.05, 4.69) is 99.1 Å². The van der Waals surface area contributed by atoms with Gasteiger partial charge in [-0.2, -0.15) is 5.10 Å². The molecule has 0 spiro atoms. The van der Waals surface area contributed by atoms with Crippen molar-refractivity contribution in [3.8, 4) is 11.4 Å². The monoisotopic (exact) mass is 791 g/mol. The Balaban J connectivity index is 0.00000166. The Kier molecular flexibility index (Phi) is 12.6. The van der Waals surface area contributed by atoms with Crippen LogP contribution in [0.3, 0.4) is 0 Å². The highest BCUT2D eigenvalue weighted by Gasteiger charge is 2.31. The van der Waals surface area contributed by atoms with Crippen molar-refractivity contribution in [3.63, 3.8) is 0 Å². The van der Waals surface area contributed by atoms with Crippen molar-refractivity contribution in [1.82, 2.24) is 34.6 Å². The number of hydrogen-bond donors (Lipinski definition) is 3. The number of rotatable bonds is 9. The number of aromatic nitrogens is 5. The predicted octanol–water partition coefficient (Wildman–Crippen LogP) is 7.68. The first-order chi connectivity index (χ1) is 28.0. The number of urea groups is 1. The summed E-state index contributed by atoms with van der Waals surface area (Å²) in [6.07, 6.45) is 9.35. The Hall–Kier alpha value is -5.47. The molecule has 1 aliphatic carbocycles. The van der Waals surface area contributed by atoms with E-state index in [1.807, 2.05) is 41.2 Å². The van der Waals surface area contributed by atoms with Crippen LogP contribution in [0.2, 0.25) is 0 Å².